The molecule has 7 nitrogen and oxygen atoms in total. The molecule has 2 aliphatic rings. The van der Waals surface area contributed by atoms with Gasteiger partial charge in [-0.1, -0.05) is 35.9 Å². The van der Waals surface area contributed by atoms with Gasteiger partial charge in [-0.2, -0.15) is 0 Å². The van der Waals surface area contributed by atoms with E-state index in [4.69, 9.17) is 21.6 Å². The van der Waals surface area contributed by atoms with Gasteiger partial charge in [0.1, 0.15) is 0 Å². The van der Waals surface area contributed by atoms with Gasteiger partial charge in [0, 0.05) is 80.1 Å². The summed E-state index contributed by atoms with van der Waals surface area (Å²) in [5.74, 6) is 0.796. The van der Waals surface area contributed by atoms with Crippen molar-refractivity contribution in [3.63, 3.8) is 0 Å². The third kappa shape index (κ3) is 6.43. The highest BCUT2D eigenvalue weighted by molar-refractivity contribution is 6.30. The van der Waals surface area contributed by atoms with Crippen LogP contribution in [0.1, 0.15) is 31.2 Å². The normalized spacial score (nSPS) is 21.2. The summed E-state index contributed by atoms with van der Waals surface area (Å²) < 4.78 is 1.13. The van der Waals surface area contributed by atoms with Crippen LogP contribution in [-0.4, -0.2) is 71.8 Å². The molecule has 1 N–H and O–H groups in total. The number of nitrogens with one attached hydrogen (secondary N) is 1. The summed E-state index contributed by atoms with van der Waals surface area (Å²) in [6.45, 7) is 5.37. The van der Waals surface area contributed by atoms with Crippen molar-refractivity contribution >= 4 is 28.9 Å². The number of quaternary nitrogens is 1. The first-order chi connectivity index (χ1) is 20.5. The summed E-state index contributed by atoms with van der Waals surface area (Å²) in [7, 11) is 4.57. The molecule has 2 aliphatic heterocycles. The standard InChI is InChI=1S/C34H41ClN7/c1-40(30-13-18-36-19-14-30)29-11-5-26(6-12-29)24-41(31-4-3-23-42(2,25-31)32-15-20-37-21-16-32)34-38-22-17-33(39-34)27-7-9-28(35)10-8-27/h5-14,17-19,22,31-32,37H,3-4,15-16,20-21,23-25H2,1-2H3/q+1/t31-,42?/m0/s1. The monoisotopic (exact) mass is 582 g/mol. The lowest BCUT2D eigenvalue weighted by Gasteiger charge is -2.50. The second kappa shape index (κ2) is 12.8. The maximum absolute atomic E-state index is 6.18. The summed E-state index contributed by atoms with van der Waals surface area (Å²) >= 11 is 6.18. The predicted octanol–water partition coefficient (Wildman–Crippen LogP) is 6.33. The number of hydrogen-bond acceptors (Lipinski definition) is 6. The van der Waals surface area contributed by atoms with E-state index in [-0.39, 0.29) is 0 Å². The number of anilines is 3. The van der Waals surface area contributed by atoms with E-state index in [1.165, 1.54) is 31.4 Å². The molecule has 2 saturated heterocycles. The fraction of sp³-hybridized carbons (Fsp3) is 0.382. The summed E-state index contributed by atoms with van der Waals surface area (Å²) in [5, 5.41) is 4.28. The minimum absolute atomic E-state index is 0.360. The van der Waals surface area contributed by atoms with Gasteiger partial charge in [-0.3, -0.25) is 4.98 Å². The number of aromatic nitrogens is 3. The van der Waals surface area contributed by atoms with Crippen molar-refractivity contribution in [1.29, 1.82) is 0 Å². The second-order valence-corrected chi connectivity index (χ2v) is 12.4. The average Bonchev–Trinajstić information content (AvgIpc) is 3.05. The zero-order chi connectivity index (χ0) is 28.9. The number of hydrogen-bond donors (Lipinski definition) is 1. The van der Waals surface area contributed by atoms with Crippen molar-refractivity contribution in [3.8, 4) is 11.3 Å². The third-order valence-corrected chi connectivity index (χ3v) is 9.48. The van der Waals surface area contributed by atoms with Gasteiger partial charge in [-0.25, -0.2) is 9.97 Å². The van der Waals surface area contributed by atoms with Gasteiger partial charge in [-0.15, -0.1) is 0 Å². The molecule has 0 radical (unpaired) electrons. The van der Waals surface area contributed by atoms with E-state index >= 15 is 0 Å². The van der Waals surface area contributed by atoms with Gasteiger partial charge >= 0.3 is 0 Å². The zero-order valence-electron chi connectivity index (χ0n) is 24.7. The van der Waals surface area contributed by atoms with Crippen molar-refractivity contribution in [2.75, 3.05) is 50.1 Å². The molecule has 6 rings (SSSR count). The maximum atomic E-state index is 6.18. The van der Waals surface area contributed by atoms with E-state index in [1.54, 1.807) is 0 Å². The van der Waals surface area contributed by atoms with E-state index in [0.717, 1.165) is 70.7 Å². The fourth-order valence-electron chi connectivity index (χ4n) is 6.74. The number of nitrogens with zero attached hydrogens (tertiary/aromatic N) is 6. The first-order valence-corrected chi connectivity index (χ1v) is 15.5. The molecule has 2 fully saturated rings. The number of piperidine rings is 2. The Balaban J connectivity index is 1.29. The van der Waals surface area contributed by atoms with Crippen molar-refractivity contribution in [1.82, 2.24) is 20.3 Å². The van der Waals surface area contributed by atoms with Gasteiger partial charge in [0.25, 0.3) is 0 Å². The molecule has 1 unspecified atom stereocenters. The minimum Gasteiger partial charge on any atom is -0.345 e. The van der Waals surface area contributed by atoms with Crippen LogP contribution in [0.25, 0.3) is 11.3 Å². The van der Waals surface area contributed by atoms with Crippen LogP contribution >= 0.6 is 11.6 Å². The highest BCUT2D eigenvalue weighted by atomic mass is 35.5. The zero-order valence-corrected chi connectivity index (χ0v) is 25.4. The molecule has 0 aliphatic carbocycles. The van der Waals surface area contributed by atoms with Crippen LogP contribution < -0.4 is 15.1 Å². The lowest BCUT2D eigenvalue weighted by molar-refractivity contribution is -0.939. The Morgan fingerprint density at radius 3 is 2.33 bits per heavy atom. The maximum Gasteiger partial charge on any atom is 0.226 e. The van der Waals surface area contributed by atoms with Crippen LogP contribution in [0.3, 0.4) is 0 Å². The van der Waals surface area contributed by atoms with Gasteiger partial charge in [-0.05, 0) is 60.9 Å². The number of halogens is 1. The fourth-order valence-corrected chi connectivity index (χ4v) is 6.86. The van der Waals surface area contributed by atoms with E-state index in [0.29, 0.717) is 12.1 Å². The molecule has 0 saturated carbocycles. The van der Waals surface area contributed by atoms with Crippen molar-refractivity contribution in [2.24, 2.45) is 0 Å². The molecule has 0 spiro atoms. The Labute approximate surface area is 254 Å². The SMILES string of the molecule is CN(c1ccncc1)c1ccc(CN(c2nccc(-c3ccc(Cl)cc3)n2)[C@H]2CCC[N+](C)(C3CCNCC3)C2)cc1. The molecule has 42 heavy (non-hydrogen) atoms. The highest BCUT2D eigenvalue weighted by Gasteiger charge is 2.41. The predicted molar refractivity (Wildman–Crippen MR) is 172 cm³/mol. The molecule has 4 aromatic rings. The van der Waals surface area contributed by atoms with Gasteiger partial charge in [0.15, 0.2) is 0 Å². The van der Waals surface area contributed by atoms with Gasteiger partial charge < -0.3 is 19.6 Å². The van der Waals surface area contributed by atoms with E-state index in [2.05, 4.69) is 58.5 Å². The Hall–Kier alpha value is -3.52. The third-order valence-electron chi connectivity index (χ3n) is 9.23. The lowest BCUT2D eigenvalue weighted by atomic mass is 9.94. The molecule has 2 atom stereocenters. The van der Waals surface area contributed by atoms with Crippen LogP contribution in [0, 0.1) is 0 Å². The second-order valence-electron chi connectivity index (χ2n) is 12.0. The molecule has 218 valence electrons. The summed E-state index contributed by atoms with van der Waals surface area (Å²) in [4.78, 5) is 18.8. The topological polar surface area (TPSA) is 57.2 Å². The molecule has 0 bridgehead atoms. The van der Waals surface area contributed by atoms with Gasteiger partial charge in [0.2, 0.25) is 5.95 Å². The molecular formula is C34H41ClN7+. The number of likely N-dealkylation sites (N-methyl/N-ethyl adjacent to an activating group) is 1. The van der Waals surface area contributed by atoms with Crippen LogP contribution in [-0.2, 0) is 6.54 Å². The number of pyridine rings is 1. The summed E-state index contributed by atoms with van der Waals surface area (Å²) in [5.41, 5.74) is 5.48. The largest absolute Gasteiger partial charge is 0.345 e. The number of rotatable bonds is 8. The Morgan fingerprint density at radius 1 is 0.881 bits per heavy atom. The first kappa shape index (κ1) is 28.6. The molecule has 8 heteroatoms. The number of benzene rings is 2. The van der Waals surface area contributed by atoms with Crippen molar-refractivity contribution in [3.05, 3.63) is 95.9 Å². The van der Waals surface area contributed by atoms with Crippen molar-refractivity contribution in [2.45, 2.75) is 44.3 Å². The summed E-state index contributed by atoms with van der Waals surface area (Å²) in [6.07, 6.45) is 10.4. The van der Waals surface area contributed by atoms with Crippen LogP contribution in [0.4, 0.5) is 17.3 Å². The average molecular weight is 583 g/mol. The van der Waals surface area contributed by atoms with Crippen LogP contribution in [0.5, 0.6) is 0 Å². The van der Waals surface area contributed by atoms with Gasteiger partial charge in [0.05, 0.1) is 37.9 Å². The molecule has 4 heterocycles. The molecule has 0 amide bonds. The highest BCUT2D eigenvalue weighted by Crippen LogP contribution is 2.32. The number of likely N-dealkylation sites (tertiary alicyclic amines) is 1. The van der Waals surface area contributed by atoms with E-state index in [1.807, 2.05) is 61.1 Å². The quantitative estimate of drug-likeness (QED) is 0.245. The lowest BCUT2D eigenvalue weighted by Crippen LogP contribution is -2.63. The Bertz CT molecular complexity index is 1440. The first-order valence-electron chi connectivity index (χ1n) is 15.1. The Morgan fingerprint density at radius 2 is 1.60 bits per heavy atom. The molecule has 2 aromatic heterocycles. The van der Waals surface area contributed by atoms with E-state index in [9.17, 15) is 0 Å². The smallest absolute Gasteiger partial charge is 0.226 e. The van der Waals surface area contributed by atoms with Crippen molar-refractivity contribution < 1.29 is 4.48 Å². The van der Waals surface area contributed by atoms with Crippen LogP contribution in [0.15, 0.2) is 85.3 Å². The Kier molecular flexibility index (Phi) is 8.70. The minimum atomic E-state index is 0.360. The molecule has 2 aromatic carbocycles. The summed E-state index contributed by atoms with van der Waals surface area (Å²) in [6, 6.07) is 23.9. The van der Waals surface area contributed by atoms with E-state index < -0.39 is 0 Å². The molecular weight excluding hydrogens is 542 g/mol. The van der Waals surface area contributed by atoms with Crippen LogP contribution in [0.2, 0.25) is 5.02 Å².